The van der Waals surface area contributed by atoms with Gasteiger partial charge in [-0.3, -0.25) is 4.79 Å². The predicted molar refractivity (Wildman–Crippen MR) is 91.6 cm³/mol. The van der Waals surface area contributed by atoms with E-state index in [0.717, 1.165) is 5.56 Å². The molecule has 0 fully saturated rings. The molecule has 0 spiro atoms. The first-order chi connectivity index (χ1) is 11.5. The fourth-order valence-electron chi connectivity index (χ4n) is 2.34. The summed E-state index contributed by atoms with van der Waals surface area (Å²) in [4.78, 5) is 14.1. The van der Waals surface area contributed by atoms with Crippen LogP contribution in [0.15, 0.2) is 64.3 Å². The van der Waals surface area contributed by atoms with E-state index in [1.807, 2.05) is 6.07 Å². The number of hydrogen-bond donors (Lipinski definition) is 2. The molecule has 7 heteroatoms. The third-order valence-electron chi connectivity index (χ3n) is 3.61. The summed E-state index contributed by atoms with van der Waals surface area (Å²) in [5.41, 5.74) is 1.16. The van der Waals surface area contributed by atoms with Gasteiger partial charge >= 0.3 is 0 Å². The van der Waals surface area contributed by atoms with Crippen molar-refractivity contribution in [3.63, 3.8) is 0 Å². The molecule has 24 heavy (non-hydrogen) atoms. The van der Waals surface area contributed by atoms with Crippen LogP contribution in [-0.2, 0) is 16.6 Å². The van der Waals surface area contributed by atoms with Gasteiger partial charge in [0.1, 0.15) is 5.75 Å². The molecule has 124 valence electrons. The Labute approximate surface area is 139 Å². The number of ether oxygens (including phenoxy) is 1. The van der Waals surface area contributed by atoms with Crippen molar-refractivity contribution in [3.05, 3.63) is 70.5 Å². The zero-order chi connectivity index (χ0) is 17.2. The van der Waals surface area contributed by atoms with E-state index in [9.17, 15) is 13.2 Å². The summed E-state index contributed by atoms with van der Waals surface area (Å²) in [6.07, 6.45) is 0. The van der Waals surface area contributed by atoms with Crippen LogP contribution >= 0.6 is 0 Å². The molecule has 1 heterocycles. The molecule has 0 radical (unpaired) electrons. The zero-order valence-corrected chi connectivity index (χ0v) is 13.8. The van der Waals surface area contributed by atoms with Crippen LogP contribution in [0.1, 0.15) is 5.56 Å². The van der Waals surface area contributed by atoms with Gasteiger partial charge in [0.15, 0.2) is 0 Å². The number of rotatable bonds is 5. The Kier molecular flexibility index (Phi) is 4.37. The summed E-state index contributed by atoms with van der Waals surface area (Å²) < 4.78 is 32.6. The first kappa shape index (κ1) is 16.2. The highest BCUT2D eigenvalue weighted by atomic mass is 32.2. The number of benzene rings is 2. The molecule has 0 saturated carbocycles. The minimum atomic E-state index is -3.66. The molecule has 0 aliphatic rings. The van der Waals surface area contributed by atoms with Gasteiger partial charge in [-0.25, -0.2) is 13.1 Å². The number of sulfonamides is 1. The van der Waals surface area contributed by atoms with Crippen molar-refractivity contribution < 1.29 is 13.2 Å². The Morgan fingerprint density at radius 1 is 1.08 bits per heavy atom. The van der Waals surface area contributed by atoms with E-state index in [-0.39, 0.29) is 17.0 Å². The SMILES string of the molecule is COc1cccc(CNS(=O)(=O)c2ccc3[nH]c(=O)ccc3c2)c1. The molecule has 3 rings (SSSR count). The molecule has 0 aliphatic heterocycles. The fourth-order valence-corrected chi connectivity index (χ4v) is 3.40. The maximum atomic E-state index is 12.5. The quantitative estimate of drug-likeness (QED) is 0.741. The van der Waals surface area contributed by atoms with Crippen LogP contribution in [0, 0.1) is 0 Å². The number of aromatic nitrogens is 1. The Hall–Kier alpha value is -2.64. The molecule has 0 atom stereocenters. The van der Waals surface area contributed by atoms with Crippen LogP contribution in [-0.4, -0.2) is 20.5 Å². The summed E-state index contributed by atoms with van der Waals surface area (Å²) in [7, 11) is -2.10. The normalized spacial score (nSPS) is 11.5. The van der Waals surface area contributed by atoms with E-state index in [2.05, 4.69) is 9.71 Å². The van der Waals surface area contributed by atoms with Gasteiger partial charge in [0.05, 0.1) is 12.0 Å². The van der Waals surface area contributed by atoms with Gasteiger partial charge in [0.25, 0.3) is 0 Å². The third kappa shape index (κ3) is 3.47. The number of aromatic amines is 1. The highest BCUT2D eigenvalue weighted by molar-refractivity contribution is 7.89. The van der Waals surface area contributed by atoms with Crippen LogP contribution in [0.3, 0.4) is 0 Å². The maximum absolute atomic E-state index is 12.5. The van der Waals surface area contributed by atoms with Crippen molar-refractivity contribution in [1.29, 1.82) is 0 Å². The van der Waals surface area contributed by atoms with Crippen LogP contribution < -0.4 is 15.0 Å². The molecule has 0 aliphatic carbocycles. The van der Waals surface area contributed by atoms with Gasteiger partial charge in [0, 0.05) is 18.1 Å². The predicted octanol–water partition coefficient (Wildman–Crippen LogP) is 2.02. The number of nitrogens with one attached hydrogen (secondary N) is 2. The fraction of sp³-hybridized carbons (Fsp3) is 0.118. The van der Waals surface area contributed by atoms with Crippen LogP contribution in [0.5, 0.6) is 5.75 Å². The third-order valence-corrected chi connectivity index (χ3v) is 5.00. The summed E-state index contributed by atoms with van der Waals surface area (Å²) in [6, 6.07) is 14.7. The van der Waals surface area contributed by atoms with Gasteiger partial charge in [-0.15, -0.1) is 0 Å². The van der Waals surface area contributed by atoms with Crippen LogP contribution in [0.25, 0.3) is 10.9 Å². The number of pyridine rings is 1. The van der Waals surface area contributed by atoms with Gasteiger partial charge in [-0.1, -0.05) is 12.1 Å². The lowest BCUT2D eigenvalue weighted by atomic mass is 10.2. The number of methoxy groups -OCH3 is 1. The molecule has 0 bridgehead atoms. The number of fused-ring (bicyclic) bond motifs is 1. The molecule has 2 N–H and O–H groups in total. The minimum Gasteiger partial charge on any atom is -0.497 e. The standard InChI is InChI=1S/C17H16N2O4S/c1-23-14-4-2-3-12(9-14)11-18-24(21,22)15-6-7-16-13(10-15)5-8-17(20)19-16/h2-10,18H,11H2,1H3,(H,19,20). The smallest absolute Gasteiger partial charge is 0.248 e. The highest BCUT2D eigenvalue weighted by Gasteiger charge is 2.14. The molecule has 3 aromatic rings. The number of hydrogen-bond acceptors (Lipinski definition) is 4. The van der Waals surface area contributed by atoms with E-state index < -0.39 is 10.0 Å². The summed E-state index contributed by atoms with van der Waals surface area (Å²) in [6.45, 7) is 0.156. The van der Waals surface area contributed by atoms with E-state index in [1.54, 1.807) is 37.4 Å². The second-order valence-corrected chi connectivity index (χ2v) is 7.01. The average molecular weight is 344 g/mol. The zero-order valence-electron chi connectivity index (χ0n) is 12.9. The second kappa shape index (κ2) is 6.46. The van der Waals surface area contributed by atoms with Crippen molar-refractivity contribution in [2.45, 2.75) is 11.4 Å². The Morgan fingerprint density at radius 2 is 1.92 bits per heavy atom. The van der Waals surface area contributed by atoms with E-state index in [4.69, 9.17) is 4.74 Å². The lowest BCUT2D eigenvalue weighted by Gasteiger charge is -2.09. The Morgan fingerprint density at radius 3 is 2.71 bits per heavy atom. The molecule has 0 amide bonds. The molecule has 1 aromatic heterocycles. The maximum Gasteiger partial charge on any atom is 0.248 e. The van der Waals surface area contributed by atoms with Crippen LogP contribution in [0.2, 0.25) is 0 Å². The lowest BCUT2D eigenvalue weighted by molar-refractivity contribution is 0.414. The number of H-pyrrole nitrogens is 1. The molecular formula is C17H16N2O4S. The van der Waals surface area contributed by atoms with E-state index in [1.165, 1.54) is 18.2 Å². The topological polar surface area (TPSA) is 88.3 Å². The first-order valence-electron chi connectivity index (χ1n) is 7.24. The Balaban J connectivity index is 1.84. The van der Waals surface area contributed by atoms with Crippen LogP contribution in [0.4, 0.5) is 0 Å². The lowest BCUT2D eigenvalue weighted by Crippen LogP contribution is -2.23. The van der Waals surface area contributed by atoms with Crippen molar-refractivity contribution in [2.75, 3.05) is 7.11 Å². The molecule has 0 saturated heterocycles. The van der Waals surface area contributed by atoms with Gasteiger partial charge in [0.2, 0.25) is 15.6 Å². The summed E-state index contributed by atoms with van der Waals surface area (Å²) in [5, 5.41) is 0.652. The van der Waals surface area contributed by atoms with E-state index >= 15 is 0 Å². The molecule has 6 nitrogen and oxygen atoms in total. The highest BCUT2D eigenvalue weighted by Crippen LogP contribution is 2.17. The van der Waals surface area contributed by atoms with Gasteiger partial charge in [-0.2, -0.15) is 0 Å². The molecule has 2 aromatic carbocycles. The van der Waals surface area contributed by atoms with E-state index in [0.29, 0.717) is 16.7 Å². The average Bonchev–Trinajstić information content (AvgIpc) is 2.59. The van der Waals surface area contributed by atoms with Crippen molar-refractivity contribution >= 4 is 20.9 Å². The molecule has 0 unspecified atom stereocenters. The molecular weight excluding hydrogens is 328 g/mol. The van der Waals surface area contributed by atoms with Crippen molar-refractivity contribution in [3.8, 4) is 5.75 Å². The van der Waals surface area contributed by atoms with Crippen molar-refractivity contribution in [1.82, 2.24) is 9.71 Å². The second-order valence-electron chi connectivity index (χ2n) is 5.25. The summed E-state index contributed by atoms with van der Waals surface area (Å²) in [5.74, 6) is 0.668. The van der Waals surface area contributed by atoms with Gasteiger partial charge < -0.3 is 9.72 Å². The summed E-state index contributed by atoms with van der Waals surface area (Å²) >= 11 is 0. The first-order valence-corrected chi connectivity index (χ1v) is 8.72. The monoisotopic (exact) mass is 344 g/mol. The van der Waals surface area contributed by atoms with Crippen molar-refractivity contribution in [2.24, 2.45) is 0 Å². The largest absolute Gasteiger partial charge is 0.497 e. The Bertz CT molecular complexity index is 1040. The minimum absolute atomic E-state index is 0.143. The van der Waals surface area contributed by atoms with Gasteiger partial charge in [-0.05, 0) is 47.3 Å².